The predicted molar refractivity (Wildman–Crippen MR) is 55.8 cm³/mol. The first-order valence-corrected chi connectivity index (χ1v) is 5.44. The summed E-state index contributed by atoms with van der Waals surface area (Å²) in [6.45, 7) is 2.18. The van der Waals surface area contributed by atoms with E-state index in [2.05, 4.69) is 14.8 Å². The molecule has 0 bridgehead atoms. The number of fused-ring (bicyclic) bond motifs is 1. The molecule has 5 heteroatoms. The molecule has 3 rings (SSSR count). The molecule has 1 aliphatic rings. The average molecular weight is 219 g/mol. The molecule has 0 atom stereocenters. The van der Waals surface area contributed by atoms with Crippen LogP contribution < -0.4 is 0 Å². The molecule has 0 unspecified atom stereocenters. The molecule has 0 saturated heterocycles. The molecule has 5 nitrogen and oxygen atoms in total. The van der Waals surface area contributed by atoms with E-state index < -0.39 is 0 Å². The highest BCUT2D eigenvalue weighted by Crippen LogP contribution is 2.11. The van der Waals surface area contributed by atoms with Gasteiger partial charge in [-0.2, -0.15) is 0 Å². The Morgan fingerprint density at radius 3 is 3.19 bits per heavy atom. The van der Waals surface area contributed by atoms with E-state index in [1.165, 1.54) is 0 Å². The first kappa shape index (κ1) is 9.59. The van der Waals surface area contributed by atoms with Crippen molar-refractivity contribution < 1.29 is 9.15 Å². The normalized spacial score (nSPS) is 15.0. The molecule has 2 aromatic heterocycles. The van der Waals surface area contributed by atoms with Gasteiger partial charge in [-0.1, -0.05) is 0 Å². The summed E-state index contributed by atoms with van der Waals surface area (Å²) in [7, 11) is 0. The van der Waals surface area contributed by atoms with Gasteiger partial charge in [0.15, 0.2) is 5.82 Å². The highest BCUT2D eigenvalue weighted by Gasteiger charge is 2.15. The van der Waals surface area contributed by atoms with E-state index in [9.17, 15) is 0 Å². The fourth-order valence-electron chi connectivity index (χ4n) is 1.93. The summed E-state index contributed by atoms with van der Waals surface area (Å²) in [4.78, 5) is 0. The number of nitrogens with zero attached hydrogens (tertiary/aromatic N) is 3. The van der Waals surface area contributed by atoms with Crippen molar-refractivity contribution in [1.82, 2.24) is 14.8 Å². The van der Waals surface area contributed by atoms with Gasteiger partial charge in [0.1, 0.15) is 18.2 Å². The number of ether oxygens (including phenoxy) is 1. The topological polar surface area (TPSA) is 53.1 Å². The lowest BCUT2D eigenvalue weighted by Gasteiger charge is -2.15. The fourth-order valence-corrected chi connectivity index (χ4v) is 1.93. The van der Waals surface area contributed by atoms with Gasteiger partial charge in [-0.3, -0.25) is 0 Å². The summed E-state index contributed by atoms with van der Waals surface area (Å²) in [5.41, 5.74) is 0. The van der Waals surface area contributed by atoms with Gasteiger partial charge in [0.25, 0.3) is 0 Å². The molecule has 0 N–H and O–H groups in total. The van der Waals surface area contributed by atoms with E-state index in [1.54, 1.807) is 6.26 Å². The highest BCUT2D eigenvalue weighted by atomic mass is 16.5. The number of furan rings is 1. The quantitative estimate of drug-likeness (QED) is 0.778. The molecule has 0 aromatic carbocycles. The molecule has 1 aliphatic heterocycles. The SMILES string of the molecule is c1coc(CCc2nnc3n2CCOC3)c1. The van der Waals surface area contributed by atoms with Crippen LogP contribution in [0.1, 0.15) is 17.4 Å². The maximum absolute atomic E-state index is 5.32. The summed E-state index contributed by atoms with van der Waals surface area (Å²) < 4.78 is 12.8. The number of hydrogen-bond acceptors (Lipinski definition) is 4. The minimum atomic E-state index is 0.577. The molecule has 0 radical (unpaired) electrons. The Bertz CT molecular complexity index is 462. The third-order valence-corrected chi connectivity index (χ3v) is 2.77. The summed E-state index contributed by atoms with van der Waals surface area (Å²) >= 11 is 0. The van der Waals surface area contributed by atoms with E-state index in [0.29, 0.717) is 6.61 Å². The van der Waals surface area contributed by atoms with Crippen molar-refractivity contribution in [2.75, 3.05) is 6.61 Å². The van der Waals surface area contributed by atoms with Crippen LogP contribution in [0.5, 0.6) is 0 Å². The first-order chi connectivity index (χ1) is 7.93. The van der Waals surface area contributed by atoms with Crippen LogP contribution >= 0.6 is 0 Å². The van der Waals surface area contributed by atoms with E-state index in [4.69, 9.17) is 9.15 Å². The Labute approximate surface area is 93.0 Å². The van der Waals surface area contributed by atoms with Crippen molar-refractivity contribution >= 4 is 0 Å². The zero-order valence-corrected chi connectivity index (χ0v) is 8.93. The molecular formula is C11H13N3O2. The highest BCUT2D eigenvalue weighted by molar-refractivity contribution is 5.03. The van der Waals surface area contributed by atoms with E-state index in [0.717, 1.165) is 43.4 Å². The van der Waals surface area contributed by atoms with Crippen LogP contribution in [0, 0.1) is 0 Å². The third kappa shape index (κ3) is 1.74. The number of aromatic nitrogens is 3. The van der Waals surface area contributed by atoms with Gasteiger partial charge in [0, 0.05) is 19.4 Å². The molecule has 16 heavy (non-hydrogen) atoms. The lowest BCUT2D eigenvalue weighted by molar-refractivity contribution is 0.0806. The minimum absolute atomic E-state index is 0.577. The second-order valence-corrected chi connectivity index (χ2v) is 3.82. The Morgan fingerprint density at radius 2 is 2.31 bits per heavy atom. The van der Waals surface area contributed by atoms with Crippen LogP contribution in [0.3, 0.4) is 0 Å². The van der Waals surface area contributed by atoms with Gasteiger partial charge >= 0.3 is 0 Å². The standard InChI is InChI=1S/C11H13N3O2/c1-2-9(16-6-1)3-4-10-12-13-11-8-15-7-5-14(10)11/h1-2,6H,3-5,7-8H2. The molecular weight excluding hydrogens is 206 g/mol. The third-order valence-electron chi connectivity index (χ3n) is 2.77. The van der Waals surface area contributed by atoms with Crippen LogP contribution in [0.4, 0.5) is 0 Å². The molecule has 0 fully saturated rings. The van der Waals surface area contributed by atoms with Gasteiger partial charge < -0.3 is 13.7 Å². The first-order valence-electron chi connectivity index (χ1n) is 5.44. The number of aryl methyl sites for hydroxylation is 2. The van der Waals surface area contributed by atoms with Crippen LogP contribution in [-0.2, 0) is 30.7 Å². The van der Waals surface area contributed by atoms with Gasteiger partial charge in [-0.15, -0.1) is 10.2 Å². The van der Waals surface area contributed by atoms with Gasteiger partial charge in [-0.05, 0) is 12.1 Å². The minimum Gasteiger partial charge on any atom is -0.469 e. The Kier molecular flexibility index (Phi) is 2.46. The average Bonchev–Trinajstić information content (AvgIpc) is 2.96. The number of hydrogen-bond donors (Lipinski definition) is 0. The van der Waals surface area contributed by atoms with E-state index >= 15 is 0 Å². The maximum atomic E-state index is 5.32. The molecule has 84 valence electrons. The monoisotopic (exact) mass is 219 g/mol. The Balaban J connectivity index is 1.72. The summed E-state index contributed by atoms with van der Waals surface area (Å²) in [6, 6.07) is 3.89. The fraction of sp³-hybridized carbons (Fsp3) is 0.455. The van der Waals surface area contributed by atoms with Crippen molar-refractivity contribution in [1.29, 1.82) is 0 Å². The lowest BCUT2D eigenvalue weighted by Crippen LogP contribution is -2.18. The maximum Gasteiger partial charge on any atom is 0.159 e. The second-order valence-electron chi connectivity index (χ2n) is 3.82. The van der Waals surface area contributed by atoms with Gasteiger partial charge in [-0.25, -0.2) is 0 Å². The van der Waals surface area contributed by atoms with Crippen LogP contribution in [0.25, 0.3) is 0 Å². The van der Waals surface area contributed by atoms with Crippen molar-refractivity contribution in [3.8, 4) is 0 Å². The van der Waals surface area contributed by atoms with Crippen molar-refractivity contribution in [3.05, 3.63) is 35.8 Å². The largest absolute Gasteiger partial charge is 0.469 e. The zero-order chi connectivity index (χ0) is 10.8. The molecule has 3 heterocycles. The molecule has 0 amide bonds. The lowest BCUT2D eigenvalue weighted by atomic mass is 10.2. The summed E-state index contributed by atoms with van der Waals surface area (Å²) in [5.74, 6) is 2.94. The van der Waals surface area contributed by atoms with E-state index in [1.807, 2.05) is 12.1 Å². The summed E-state index contributed by atoms with van der Waals surface area (Å²) in [5, 5.41) is 8.30. The van der Waals surface area contributed by atoms with Gasteiger partial charge in [0.05, 0.1) is 12.9 Å². The Hall–Kier alpha value is -1.62. The van der Waals surface area contributed by atoms with Crippen LogP contribution in [-0.4, -0.2) is 21.4 Å². The molecule has 0 spiro atoms. The molecule has 0 aliphatic carbocycles. The van der Waals surface area contributed by atoms with E-state index in [-0.39, 0.29) is 0 Å². The van der Waals surface area contributed by atoms with Crippen molar-refractivity contribution in [3.63, 3.8) is 0 Å². The summed E-state index contributed by atoms with van der Waals surface area (Å²) in [6.07, 6.45) is 3.43. The Morgan fingerprint density at radius 1 is 1.31 bits per heavy atom. The van der Waals surface area contributed by atoms with Crippen molar-refractivity contribution in [2.45, 2.75) is 26.0 Å². The number of rotatable bonds is 3. The van der Waals surface area contributed by atoms with Crippen LogP contribution in [0.2, 0.25) is 0 Å². The zero-order valence-electron chi connectivity index (χ0n) is 8.93. The predicted octanol–water partition coefficient (Wildman–Crippen LogP) is 1.19. The molecule has 0 saturated carbocycles. The smallest absolute Gasteiger partial charge is 0.159 e. The van der Waals surface area contributed by atoms with Gasteiger partial charge in [0.2, 0.25) is 0 Å². The van der Waals surface area contributed by atoms with Crippen molar-refractivity contribution in [2.24, 2.45) is 0 Å². The van der Waals surface area contributed by atoms with Crippen LogP contribution in [0.15, 0.2) is 22.8 Å². The molecule has 2 aromatic rings. The second kappa shape index (κ2) is 4.09.